The van der Waals surface area contributed by atoms with Gasteiger partial charge in [-0.15, -0.1) is 0 Å². The molecule has 6 nitrogen and oxygen atoms in total. The predicted octanol–water partition coefficient (Wildman–Crippen LogP) is 4.60. The Kier molecular flexibility index (Phi) is 5.66. The molecule has 0 aliphatic carbocycles. The fraction of sp³-hybridized carbons (Fsp3) is 0.190. The van der Waals surface area contributed by atoms with E-state index in [1.54, 1.807) is 19.2 Å². The van der Waals surface area contributed by atoms with Crippen LogP contribution in [-0.4, -0.2) is 23.0 Å². The van der Waals surface area contributed by atoms with Crippen molar-refractivity contribution in [2.75, 3.05) is 17.7 Å². The second kappa shape index (κ2) is 8.31. The van der Waals surface area contributed by atoms with Gasteiger partial charge in [0, 0.05) is 29.8 Å². The Morgan fingerprint density at radius 3 is 2.48 bits per heavy atom. The molecule has 138 valence electrons. The zero-order valence-corrected chi connectivity index (χ0v) is 15.6. The van der Waals surface area contributed by atoms with Crippen molar-refractivity contribution in [2.45, 2.75) is 19.8 Å². The molecule has 0 fully saturated rings. The Balaban J connectivity index is 1.71. The molecule has 0 spiro atoms. The third kappa shape index (κ3) is 4.61. The Labute approximate surface area is 158 Å². The molecule has 0 saturated heterocycles. The Morgan fingerprint density at radius 2 is 1.78 bits per heavy atom. The third-order valence-electron chi connectivity index (χ3n) is 4.07. The number of anilines is 3. The number of carbonyl (C=O) groups is 1. The second-order valence-corrected chi connectivity index (χ2v) is 6.35. The summed E-state index contributed by atoms with van der Waals surface area (Å²) in [6, 6.07) is 15.2. The molecule has 2 aromatic carbocycles. The summed E-state index contributed by atoms with van der Waals surface area (Å²) in [6.07, 6.45) is 3.01. The van der Waals surface area contributed by atoms with Gasteiger partial charge in [0.15, 0.2) is 0 Å². The maximum atomic E-state index is 12.4. The van der Waals surface area contributed by atoms with E-state index in [9.17, 15) is 4.79 Å². The number of hydrogen-bond acceptors (Lipinski definition) is 5. The normalized spacial score (nSPS) is 10.5. The van der Waals surface area contributed by atoms with Crippen LogP contribution in [0.1, 0.15) is 35.7 Å². The second-order valence-electron chi connectivity index (χ2n) is 6.35. The molecular weight excluding hydrogens is 340 g/mol. The zero-order valence-electron chi connectivity index (χ0n) is 15.6. The summed E-state index contributed by atoms with van der Waals surface area (Å²) in [6.45, 7) is 4.26. The number of aromatic nitrogens is 2. The van der Waals surface area contributed by atoms with Crippen LogP contribution in [0.25, 0.3) is 0 Å². The van der Waals surface area contributed by atoms with E-state index in [0.717, 1.165) is 5.69 Å². The van der Waals surface area contributed by atoms with E-state index in [1.165, 1.54) is 18.0 Å². The van der Waals surface area contributed by atoms with Crippen LogP contribution in [0.5, 0.6) is 5.75 Å². The van der Waals surface area contributed by atoms with Crippen molar-refractivity contribution in [3.8, 4) is 5.75 Å². The number of benzene rings is 2. The average molecular weight is 362 g/mol. The van der Waals surface area contributed by atoms with Crippen LogP contribution in [0.3, 0.4) is 0 Å². The molecule has 2 N–H and O–H groups in total. The minimum Gasteiger partial charge on any atom is -0.497 e. The van der Waals surface area contributed by atoms with Gasteiger partial charge >= 0.3 is 0 Å². The van der Waals surface area contributed by atoms with Gasteiger partial charge in [0.25, 0.3) is 5.91 Å². The zero-order chi connectivity index (χ0) is 19.2. The van der Waals surface area contributed by atoms with Crippen molar-refractivity contribution < 1.29 is 9.53 Å². The van der Waals surface area contributed by atoms with E-state index in [4.69, 9.17) is 4.74 Å². The molecule has 1 aromatic heterocycles. The summed E-state index contributed by atoms with van der Waals surface area (Å²) >= 11 is 0. The highest BCUT2D eigenvalue weighted by Gasteiger charge is 2.10. The number of rotatable bonds is 6. The number of hydrogen-bond donors (Lipinski definition) is 2. The highest BCUT2D eigenvalue weighted by atomic mass is 16.5. The van der Waals surface area contributed by atoms with Gasteiger partial charge in [-0.3, -0.25) is 4.79 Å². The molecule has 3 rings (SSSR count). The Morgan fingerprint density at radius 1 is 1.04 bits per heavy atom. The monoisotopic (exact) mass is 362 g/mol. The number of nitrogens with one attached hydrogen (secondary N) is 2. The van der Waals surface area contributed by atoms with Crippen molar-refractivity contribution in [1.82, 2.24) is 9.97 Å². The first kappa shape index (κ1) is 18.4. The number of nitrogens with zero attached hydrogens (tertiary/aromatic N) is 2. The molecule has 0 bridgehead atoms. The van der Waals surface area contributed by atoms with E-state index in [-0.39, 0.29) is 5.91 Å². The lowest BCUT2D eigenvalue weighted by molar-refractivity contribution is 0.102. The summed E-state index contributed by atoms with van der Waals surface area (Å²) in [5.41, 5.74) is 3.16. The largest absolute Gasteiger partial charge is 0.497 e. The molecular formula is C21H22N4O2. The number of para-hydroxylation sites is 1. The van der Waals surface area contributed by atoms with Crippen LogP contribution in [0.15, 0.2) is 60.9 Å². The van der Waals surface area contributed by atoms with Crippen LogP contribution < -0.4 is 15.4 Å². The standard InChI is InChI=1S/C21H22N4O2/c1-14(2)18-9-4-5-10-19(18)25-21-22-12-15(13-23-21)20(26)24-16-7-6-8-17(11-16)27-3/h4-14H,1-3H3,(H,24,26)(H,22,23,25). The van der Waals surface area contributed by atoms with E-state index in [1.807, 2.05) is 30.3 Å². The van der Waals surface area contributed by atoms with Crippen LogP contribution in [0.2, 0.25) is 0 Å². The van der Waals surface area contributed by atoms with Gasteiger partial charge < -0.3 is 15.4 Å². The molecule has 0 aliphatic heterocycles. The molecule has 27 heavy (non-hydrogen) atoms. The fourth-order valence-corrected chi connectivity index (χ4v) is 2.65. The van der Waals surface area contributed by atoms with Crippen molar-refractivity contribution in [1.29, 1.82) is 0 Å². The lowest BCUT2D eigenvalue weighted by Gasteiger charge is -2.13. The van der Waals surface area contributed by atoms with Crippen molar-refractivity contribution >= 4 is 23.2 Å². The molecule has 0 aliphatic rings. The minimum atomic E-state index is -0.280. The van der Waals surface area contributed by atoms with Gasteiger partial charge in [0.1, 0.15) is 5.75 Å². The molecule has 0 saturated carbocycles. The van der Waals surface area contributed by atoms with E-state index >= 15 is 0 Å². The lowest BCUT2D eigenvalue weighted by Crippen LogP contribution is -2.13. The number of methoxy groups -OCH3 is 1. The summed E-state index contributed by atoms with van der Waals surface area (Å²) in [5, 5.41) is 6.02. The summed E-state index contributed by atoms with van der Waals surface area (Å²) in [5.74, 6) is 1.22. The average Bonchev–Trinajstić information content (AvgIpc) is 2.69. The van der Waals surface area contributed by atoms with Gasteiger partial charge in [-0.25, -0.2) is 9.97 Å². The first-order valence-electron chi connectivity index (χ1n) is 8.70. The molecule has 1 amide bonds. The lowest BCUT2D eigenvalue weighted by atomic mass is 10.0. The molecule has 0 unspecified atom stereocenters. The summed E-state index contributed by atoms with van der Waals surface area (Å²) in [4.78, 5) is 20.9. The van der Waals surface area contributed by atoms with Gasteiger partial charge in [-0.05, 0) is 29.7 Å². The SMILES string of the molecule is COc1cccc(NC(=O)c2cnc(Nc3ccccc3C(C)C)nc2)c1. The van der Waals surface area contributed by atoms with Crippen molar-refractivity contribution in [3.05, 3.63) is 72.1 Å². The molecule has 3 aromatic rings. The van der Waals surface area contributed by atoms with Gasteiger partial charge in [0.05, 0.1) is 12.7 Å². The first-order valence-corrected chi connectivity index (χ1v) is 8.70. The summed E-state index contributed by atoms with van der Waals surface area (Å²) < 4.78 is 5.16. The highest BCUT2D eigenvalue weighted by molar-refractivity contribution is 6.04. The van der Waals surface area contributed by atoms with Crippen LogP contribution in [0.4, 0.5) is 17.3 Å². The topological polar surface area (TPSA) is 76.1 Å². The van der Waals surface area contributed by atoms with Crippen molar-refractivity contribution in [3.63, 3.8) is 0 Å². The minimum absolute atomic E-state index is 0.280. The van der Waals surface area contributed by atoms with Crippen LogP contribution >= 0.6 is 0 Å². The maximum absolute atomic E-state index is 12.4. The van der Waals surface area contributed by atoms with E-state index < -0.39 is 0 Å². The van der Waals surface area contributed by atoms with Crippen LogP contribution in [-0.2, 0) is 0 Å². The number of carbonyl (C=O) groups excluding carboxylic acids is 1. The Hall–Kier alpha value is -3.41. The first-order chi connectivity index (χ1) is 13.1. The number of amides is 1. The number of ether oxygens (including phenoxy) is 1. The van der Waals surface area contributed by atoms with Gasteiger partial charge in [-0.2, -0.15) is 0 Å². The predicted molar refractivity (Wildman–Crippen MR) is 107 cm³/mol. The smallest absolute Gasteiger partial charge is 0.258 e. The molecule has 0 atom stereocenters. The van der Waals surface area contributed by atoms with Crippen molar-refractivity contribution in [2.24, 2.45) is 0 Å². The quantitative estimate of drug-likeness (QED) is 0.670. The van der Waals surface area contributed by atoms with E-state index in [0.29, 0.717) is 28.9 Å². The maximum Gasteiger partial charge on any atom is 0.258 e. The molecule has 0 radical (unpaired) electrons. The summed E-state index contributed by atoms with van der Waals surface area (Å²) in [7, 11) is 1.58. The fourth-order valence-electron chi connectivity index (χ4n) is 2.65. The van der Waals surface area contributed by atoms with E-state index in [2.05, 4.69) is 40.5 Å². The third-order valence-corrected chi connectivity index (χ3v) is 4.07. The Bertz CT molecular complexity index is 923. The highest BCUT2D eigenvalue weighted by Crippen LogP contribution is 2.25. The van der Waals surface area contributed by atoms with Gasteiger partial charge in [-0.1, -0.05) is 38.1 Å². The molecule has 1 heterocycles. The van der Waals surface area contributed by atoms with Gasteiger partial charge in [0.2, 0.25) is 5.95 Å². The molecule has 6 heteroatoms. The van der Waals surface area contributed by atoms with Crippen LogP contribution in [0, 0.1) is 0 Å².